The minimum Gasteiger partial charge on any atom is -0.355 e. The maximum atomic E-state index is 11.9. The van der Waals surface area contributed by atoms with Crippen molar-refractivity contribution in [3.05, 3.63) is 58.1 Å². The summed E-state index contributed by atoms with van der Waals surface area (Å²) in [6, 6.07) is 12.6. The van der Waals surface area contributed by atoms with E-state index in [1.807, 2.05) is 12.1 Å². The Kier molecular flexibility index (Phi) is 6.90. The van der Waals surface area contributed by atoms with Gasteiger partial charge in [0.15, 0.2) is 0 Å². The van der Waals surface area contributed by atoms with Crippen molar-refractivity contribution in [3.8, 4) is 0 Å². The molecule has 146 valence electrons. The SMILES string of the molecule is O=C(N/N=C\c1cc(Cl)ccc1Nc1cccc(Cl)c1)C(=O)NC1CCCC1. The smallest absolute Gasteiger partial charge is 0.329 e. The quantitative estimate of drug-likeness (QED) is 0.385. The Labute approximate surface area is 173 Å². The Bertz CT molecular complexity index is 896. The number of carbonyl (C=O) groups is 2. The van der Waals surface area contributed by atoms with Gasteiger partial charge in [-0.3, -0.25) is 9.59 Å². The first kappa shape index (κ1) is 20.2. The molecule has 0 atom stereocenters. The van der Waals surface area contributed by atoms with Gasteiger partial charge in [0.25, 0.3) is 0 Å². The largest absolute Gasteiger partial charge is 0.355 e. The summed E-state index contributed by atoms with van der Waals surface area (Å²) in [5.74, 6) is -1.47. The zero-order valence-corrected chi connectivity index (χ0v) is 16.6. The molecule has 0 aliphatic heterocycles. The topological polar surface area (TPSA) is 82.6 Å². The molecule has 8 heteroatoms. The van der Waals surface area contributed by atoms with Crippen LogP contribution in [0.3, 0.4) is 0 Å². The summed E-state index contributed by atoms with van der Waals surface area (Å²) in [7, 11) is 0. The monoisotopic (exact) mass is 418 g/mol. The lowest BCUT2D eigenvalue weighted by Gasteiger charge is -2.11. The van der Waals surface area contributed by atoms with E-state index in [1.165, 1.54) is 6.21 Å². The first-order valence-electron chi connectivity index (χ1n) is 8.97. The summed E-state index contributed by atoms with van der Waals surface area (Å²) >= 11 is 12.1. The summed E-state index contributed by atoms with van der Waals surface area (Å²) in [5.41, 5.74) is 4.41. The third-order valence-electron chi connectivity index (χ3n) is 4.38. The van der Waals surface area contributed by atoms with E-state index in [0.717, 1.165) is 37.1 Å². The number of halogens is 2. The third kappa shape index (κ3) is 5.71. The number of amides is 2. The second-order valence-corrected chi connectivity index (χ2v) is 7.39. The van der Waals surface area contributed by atoms with Crippen LogP contribution in [-0.4, -0.2) is 24.1 Å². The fourth-order valence-corrected chi connectivity index (χ4v) is 3.38. The van der Waals surface area contributed by atoms with E-state index >= 15 is 0 Å². The van der Waals surface area contributed by atoms with Crippen molar-refractivity contribution in [1.29, 1.82) is 0 Å². The number of hydrazone groups is 1. The van der Waals surface area contributed by atoms with E-state index in [4.69, 9.17) is 23.2 Å². The maximum Gasteiger partial charge on any atom is 0.329 e. The molecule has 0 heterocycles. The zero-order valence-electron chi connectivity index (χ0n) is 15.0. The molecular formula is C20H20Cl2N4O2. The highest BCUT2D eigenvalue weighted by atomic mass is 35.5. The highest BCUT2D eigenvalue weighted by Crippen LogP contribution is 2.24. The van der Waals surface area contributed by atoms with Crippen molar-refractivity contribution in [1.82, 2.24) is 10.7 Å². The third-order valence-corrected chi connectivity index (χ3v) is 4.85. The summed E-state index contributed by atoms with van der Waals surface area (Å²) in [6.45, 7) is 0. The fraction of sp³-hybridized carbons (Fsp3) is 0.250. The molecule has 2 aromatic rings. The molecule has 3 rings (SSSR count). The first-order valence-corrected chi connectivity index (χ1v) is 9.73. The number of benzene rings is 2. The highest BCUT2D eigenvalue weighted by molar-refractivity contribution is 6.35. The minimum atomic E-state index is -0.797. The van der Waals surface area contributed by atoms with Crippen LogP contribution in [0.1, 0.15) is 31.2 Å². The van der Waals surface area contributed by atoms with E-state index in [2.05, 4.69) is 21.2 Å². The van der Waals surface area contributed by atoms with Gasteiger partial charge in [0.05, 0.1) is 6.21 Å². The van der Waals surface area contributed by atoms with Crippen LogP contribution < -0.4 is 16.1 Å². The second kappa shape index (κ2) is 9.57. The van der Waals surface area contributed by atoms with Crippen molar-refractivity contribution in [2.24, 2.45) is 5.10 Å². The fourth-order valence-electron chi connectivity index (χ4n) is 3.01. The van der Waals surface area contributed by atoms with Crippen molar-refractivity contribution in [2.45, 2.75) is 31.7 Å². The molecule has 1 saturated carbocycles. The molecule has 0 spiro atoms. The number of carbonyl (C=O) groups excluding carboxylic acids is 2. The normalized spacial score (nSPS) is 14.2. The van der Waals surface area contributed by atoms with Crippen LogP contribution in [0, 0.1) is 0 Å². The van der Waals surface area contributed by atoms with E-state index in [0.29, 0.717) is 15.6 Å². The lowest BCUT2D eigenvalue weighted by molar-refractivity contribution is -0.139. The van der Waals surface area contributed by atoms with Gasteiger partial charge in [-0.1, -0.05) is 42.1 Å². The Morgan fingerprint density at radius 3 is 2.50 bits per heavy atom. The number of nitrogens with one attached hydrogen (secondary N) is 3. The summed E-state index contributed by atoms with van der Waals surface area (Å²) in [4.78, 5) is 23.8. The van der Waals surface area contributed by atoms with Crippen LogP contribution >= 0.6 is 23.2 Å². The lowest BCUT2D eigenvalue weighted by atomic mass is 10.2. The number of anilines is 2. The van der Waals surface area contributed by atoms with Crippen LogP contribution in [0.4, 0.5) is 11.4 Å². The van der Waals surface area contributed by atoms with E-state index in [-0.39, 0.29) is 6.04 Å². The Morgan fingerprint density at radius 1 is 1.00 bits per heavy atom. The van der Waals surface area contributed by atoms with Gasteiger partial charge in [-0.2, -0.15) is 5.10 Å². The average molecular weight is 419 g/mol. The van der Waals surface area contributed by atoms with Gasteiger partial charge < -0.3 is 10.6 Å². The van der Waals surface area contributed by atoms with E-state index in [1.54, 1.807) is 30.3 Å². The van der Waals surface area contributed by atoms with Crippen LogP contribution in [0.25, 0.3) is 0 Å². The van der Waals surface area contributed by atoms with Crippen LogP contribution in [0.5, 0.6) is 0 Å². The molecule has 1 aliphatic rings. The van der Waals surface area contributed by atoms with Crippen molar-refractivity contribution < 1.29 is 9.59 Å². The maximum absolute atomic E-state index is 11.9. The van der Waals surface area contributed by atoms with E-state index < -0.39 is 11.8 Å². The van der Waals surface area contributed by atoms with Crippen LogP contribution in [0.15, 0.2) is 47.6 Å². The molecule has 2 aromatic carbocycles. The van der Waals surface area contributed by atoms with Gasteiger partial charge in [-0.05, 0) is 49.2 Å². The molecule has 1 fully saturated rings. The molecule has 2 amide bonds. The first-order chi connectivity index (χ1) is 13.5. The number of hydrogen-bond acceptors (Lipinski definition) is 4. The highest BCUT2D eigenvalue weighted by Gasteiger charge is 2.21. The molecule has 1 aliphatic carbocycles. The minimum absolute atomic E-state index is 0.0728. The molecule has 0 unspecified atom stereocenters. The second-order valence-electron chi connectivity index (χ2n) is 6.52. The van der Waals surface area contributed by atoms with Gasteiger partial charge in [0, 0.05) is 33.0 Å². The molecule has 0 bridgehead atoms. The average Bonchev–Trinajstić information content (AvgIpc) is 3.17. The summed E-state index contributed by atoms with van der Waals surface area (Å²) in [6.07, 6.45) is 5.38. The van der Waals surface area contributed by atoms with E-state index in [9.17, 15) is 9.59 Å². The van der Waals surface area contributed by atoms with Crippen molar-refractivity contribution in [3.63, 3.8) is 0 Å². The molecule has 6 nitrogen and oxygen atoms in total. The Balaban J connectivity index is 1.64. The Hall–Kier alpha value is -2.57. The van der Waals surface area contributed by atoms with Crippen LogP contribution in [0.2, 0.25) is 10.0 Å². The lowest BCUT2D eigenvalue weighted by Crippen LogP contribution is -2.42. The summed E-state index contributed by atoms with van der Waals surface area (Å²) < 4.78 is 0. The number of rotatable bonds is 5. The van der Waals surface area contributed by atoms with Crippen LogP contribution in [-0.2, 0) is 9.59 Å². The van der Waals surface area contributed by atoms with Gasteiger partial charge >= 0.3 is 11.8 Å². The van der Waals surface area contributed by atoms with Crippen molar-refractivity contribution >= 4 is 52.6 Å². The predicted molar refractivity (Wildman–Crippen MR) is 112 cm³/mol. The molecule has 28 heavy (non-hydrogen) atoms. The predicted octanol–water partition coefficient (Wildman–Crippen LogP) is 4.25. The van der Waals surface area contributed by atoms with Gasteiger partial charge in [0.2, 0.25) is 0 Å². The number of hydrogen-bond donors (Lipinski definition) is 3. The van der Waals surface area contributed by atoms with Gasteiger partial charge in [-0.25, -0.2) is 5.43 Å². The van der Waals surface area contributed by atoms with Crippen molar-refractivity contribution in [2.75, 3.05) is 5.32 Å². The van der Waals surface area contributed by atoms with Gasteiger partial charge in [0.1, 0.15) is 0 Å². The standard InChI is InChI=1S/C20H20Cl2N4O2/c21-14-4-3-7-17(11-14)24-18-9-8-15(22)10-13(18)12-23-26-20(28)19(27)25-16-5-1-2-6-16/h3-4,7-12,16,24H,1-2,5-6H2,(H,25,27)(H,26,28)/b23-12-. The zero-order chi connectivity index (χ0) is 19.9. The number of nitrogens with zero attached hydrogens (tertiary/aromatic N) is 1. The molecular weight excluding hydrogens is 399 g/mol. The van der Waals surface area contributed by atoms with Gasteiger partial charge in [-0.15, -0.1) is 0 Å². The summed E-state index contributed by atoms with van der Waals surface area (Å²) in [5, 5.41) is 10.9. The molecule has 0 aromatic heterocycles. The molecule has 0 radical (unpaired) electrons. The molecule has 3 N–H and O–H groups in total. The Morgan fingerprint density at radius 2 is 1.75 bits per heavy atom. The molecule has 0 saturated heterocycles.